The molecule has 2 aromatic carbocycles. The zero-order valence-electron chi connectivity index (χ0n) is 19.2. The fourth-order valence-corrected chi connectivity index (χ4v) is 4.53. The van der Waals surface area contributed by atoms with Gasteiger partial charge < -0.3 is 25.2 Å². The molecule has 0 atom stereocenters. The van der Waals surface area contributed by atoms with Gasteiger partial charge in [0, 0.05) is 25.7 Å². The normalized spacial score (nSPS) is 14.4. The van der Waals surface area contributed by atoms with E-state index < -0.39 is 17.3 Å². The molecule has 1 amide bonds. The highest BCUT2D eigenvalue weighted by molar-refractivity contribution is 5.79. The molecule has 1 saturated heterocycles. The first-order valence-corrected chi connectivity index (χ1v) is 11.0. The second-order valence-electron chi connectivity index (χ2n) is 8.29. The number of carboxylic acid groups (broad SMARTS) is 1. The molecule has 10 heteroatoms. The lowest BCUT2D eigenvalue weighted by atomic mass is 10.0. The van der Waals surface area contributed by atoms with E-state index in [1.54, 1.807) is 34.9 Å². The highest BCUT2D eigenvalue weighted by Gasteiger charge is 2.27. The van der Waals surface area contributed by atoms with E-state index in [4.69, 9.17) is 15.2 Å². The number of fused-ring (bicyclic) bond motifs is 1. The van der Waals surface area contributed by atoms with Crippen molar-refractivity contribution < 1.29 is 19.4 Å². The van der Waals surface area contributed by atoms with Crippen molar-refractivity contribution in [1.82, 2.24) is 14.0 Å². The van der Waals surface area contributed by atoms with Crippen LogP contribution >= 0.6 is 0 Å². The molecule has 180 valence electrons. The van der Waals surface area contributed by atoms with Crippen LogP contribution in [0.1, 0.15) is 30.0 Å². The minimum atomic E-state index is -0.971. The lowest BCUT2D eigenvalue weighted by Gasteiger charge is -2.32. The number of ether oxygens (including phenoxy) is 2. The molecule has 3 aromatic rings. The molecule has 10 nitrogen and oxygen atoms in total. The van der Waals surface area contributed by atoms with Crippen molar-refractivity contribution in [3.8, 4) is 11.5 Å². The number of piperidine rings is 1. The fourth-order valence-electron chi connectivity index (χ4n) is 4.53. The van der Waals surface area contributed by atoms with Crippen LogP contribution in [0.25, 0.3) is 10.9 Å². The molecule has 1 fully saturated rings. The third kappa shape index (κ3) is 4.24. The molecule has 1 aliphatic rings. The van der Waals surface area contributed by atoms with Crippen LogP contribution in [-0.2, 0) is 13.1 Å². The van der Waals surface area contributed by atoms with Crippen molar-refractivity contribution in [1.29, 1.82) is 0 Å². The third-order valence-electron chi connectivity index (χ3n) is 6.36. The van der Waals surface area contributed by atoms with Gasteiger partial charge in [0.25, 0.3) is 5.56 Å². The van der Waals surface area contributed by atoms with Crippen LogP contribution in [0.3, 0.4) is 0 Å². The second kappa shape index (κ2) is 9.60. The van der Waals surface area contributed by atoms with Gasteiger partial charge in [-0.25, -0.2) is 9.59 Å². The minimum Gasteiger partial charge on any atom is -0.493 e. The van der Waals surface area contributed by atoms with Crippen LogP contribution in [0.15, 0.2) is 46.0 Å². The number of carbonyl (C=O) groups is 1. The van der Waals surface area contributed by atoms with E-state index in [1.165, 1.54) is 23.7 Å². The Kier molecular flexibility index (Phi) is 6.60. The second-order valence-corrected chi connectivity index (χ2v) is 8.29. The Hall–Kier alpha value is -3.79. The zero-order valence-corrected chi connectivity index (χ0v) is 19.2. The summed E-state index contributed by atoms with van der Waals surface area (Å²) in [6, 6.07) is 10.3. The maximum Gasteiger partial charge on any atom is 0.407 e. The Morgan fingerprint density at radius 3 is 2.32 bits per heavy atom. The smallest absolute Gasteiger partial charge is 0.407 e. The van der Waals surface area contributed by atoms with E-state index in [9.17, 15) is 19.5 Å². The van der Waals surface area contributed by atoms with Gasteiger partial charge in [0.1, 0.15) is 0 Å². The quantitative estimate of drug-likeness (QED) is 0.566. The van der Waals surface area contributed by atoms with Gasteiger partial charge in [-0.15, -0.1) is 0 Å². The summed E-state index contributed by atoms with van der Waals surface area (Å²) in [5, 5.41) is 9.69. The van der Waals surface area contributed by atoms with Crippen LogP contribution < -0.4 is 26.5 Å². The molecule has 1 aromatic heterocycles. The average Bonchev–Trinajstić information content (AvgIpc) is 2.86. The molecule has 0 unspecified atom stereocenters. The predicted molar refractivity (Wildman–Crippen MR) is 127 cm³/mol. The summed E-state index contributed by atoms with van der Waals surface area (Å²) in [6.07, 6.45) is -0.00935. The highest BCUT2D eigenvalue weighted by atomic mass is 16.5. The molecule has 0 aliphatic carbocycles. The number of nitrogens with zero attached hydrogens (tertiary/aromatic N) is 3. The maximum atomic E-state index is 13.7. The number of nitrogens with two attached hydrogens (primary N) is 1. The molecule has 0 radical (unpaired) electrons. The van der Waals surface area contributed by atoms with Crippen LogP contribution in [0.4, 0.5) is 4.79 Å². The van der Waals surface area contributed by atoms with Crippen LogP contribution in [-0.4, -0.2) is 52.5 Å². The molecule has 3 N–H and O–H groups in total. The van der Waals surface area contributed by atoms with Gasteiger partial charge in [-0.1, -0.05) is 12.1 Å². The SMILES string of the molecule is COc1ccc(Cn2c(=O)c3cc(CN)ccc3n(C3CCN(C(=O)O)CC3)c2=O)cc1OC. The summed E-state index contributed by atoms with van der Waals surface area (Å²) in [7, 11) is 3.06. The number of likely N-dealkylation sites (tertiary alicyclic amines) is 1. The molecule has 34 heavy (non-hydrogen) atoms. The maximum absolute atomic E-state index is 13.7. The summed E-state index contributed by atoms with van der Waals surface area (Å²) in [5.74, 6) is 1.05. The van der Waals surface area contributed by atoms with Crippen molar-refractivity contribution in [2.45, 2.75) is 32.0 Å². The van der Waals surface area contributed by atoms with Gasteiger partial charge in [0.15, 0.2) is 11.5 Å². The van der Waals surface area contributed by atoms with Crippen LogP contribution in [0.5, 0.6) is 11.5 Å². The lowest BCUT2D eigenvalue weighted by molar-refractivity contribution is 0.125. The van der Waals surface area contributed by atoms with Gasteiger partial charge in [0.05, 0.1) is 31.7 Å². The van der Waals surface area contributed by atoms with E-state index in [0.29, 0.717) is 53.9 Å². The number of hydrogen-bond acceptors (Lipinski definition) is 6. The molecule has 4 rings (SSSR count). The van der Waals surface area contributed by atoms with Crippen molar-refractivity contribution >= 4 is 17.0 Å². The molecule has 1 aliphatic heterocycles. The van der Waals surface area contributed by atoms with E-state index in [0.717, 1.165) is 5.56 Å². The number of aromatic nitrogens is 2. The number of rotatable bonds is 6. The number of hydrogen-bond donors (Lipinski definition) is 2. The minimum absolute atomic E-state index is 0.0504. The number of methoxy groups -OCH3 is 2. The van der Waals surface area contributed by atoms with Gasteiger partial charge in [0.2, 0.25) is 0 Å². The van der Waals surface area contributed by atoms with E-state index in [-0.39, 0.29) is 19.1 Å². The van der Waals surface area contributed by atoms with Gasteiger partial charge in [-0.05, 0) is 48.2 Å². The van der Waals surface area contributed by atoms with Gasteiger partial charge in [-0.3, -0.25) is 13.9 Å². The standard InChI is InChI=1S/C24H28N4O6/c1-33-20-6-4-16(12-21(20)34-2)14-27-22(29)18-11-15(13-25)3-5-19(18)28(23(27)30)17-7-9-26(10-8-17)24(31)32/h3-6,11-12,17H,7-10,13-14,25H2,1-2H3,(H,31,32). The molecule has 0 spiro atoms. The third-order valence-corrected chi connectivity index (χ3v) is 6.36. The summed E-state index contributed by atoms with van der Waals surface area (Å²) in [5.41, 5.74) is 7.00. The first-order chi connectivity index (χ1) is 16.4. The van der Waals surface area contributed by atoms with E-state index in [1.807, 2.05) is 6.07 Å². The Labute approximate surface area is 195 Å². The van der Waals surface area contributed by atoms with Gasteiger partial charge in [-0.2, -0.15) is 0 Å². The van der Waals surface area contributed by atoms with Crippen LogP contribution in [0.2, 0.25) is 0 Å². The average molecular weight is 469 g/mol. The number of benzene rings is 2. The summed E-state index contributed by atoms with van der Waals surface area (Å²) in [4.78, 5) is 39.8. The molecule has 0 saturated carbocycles. The Morgan fingerprint density at radius 1 is 1.03 bits per heavy atom. The molecular formula is C24H28N4O6. The largest absolute Gasteiger partial charge is 0.493 e. The molecule has 0 bridgehead atoms. The highest BCUT2D eigenvalue weighted by Crippen LogP contribution is 2.28. The van der Waals surface area contributed by atoms with Crippen LogP contribution in [0, 0.1) is 0 Å². The number of amides is 1. The summed E-state index contributed by atoms with van der Waals surface area (Å²) >= 11 is 0. The first-order valence-electron chi connectivity index (χ1n) is 11.0. The first kappa shape index (κ1) is 23.4. The van der Waals surface area contributed by atoms with Crippen molar-refractivity contribution in [3.63, 3.8) is 0 Å². The fraction of sp³-hybridized carbons (Fsp3) is 0.375. The van der Waals surface area contributed by atoms with E-state index >= 15 is 0 Å². The Bertz CT molecular complexity index is 1340. The molecule has 2 heterocycles. The van der Waals surface area contributed by atoms with Gasteiger partial charge >= 0.3 is 11.8 Å². The Morgan fingerprint density at radius 2 is 1.71 bits per heavy atom. The topological polar surface area (TPSA) is 129 Å². The zero-order chi connectivity index (χ0) is 24.4. The monoisotopic (exact) mass is 468 g/mol. The Balaban J connectivity index is 1.85. The summed E-state index contributed by atoms with van der Waals surface area (Å²) in [6.45, 7) is 0.962. The van der Waals surface area contributed by atoms with Crippen molar-refractivity contribution in [3.05, 3.63) is 68.4 Å². The van der Waals surface area contributed by atoms with Crippen molar-refractivity contribution in [2.24, 2.45) is 5.73 Å². The summed E-state index contributed by atoms with van der Waals surface area (Å²) < 4.78 is 13.5. The van der Waals surface area contributed by atoms with E-state index in [2.05, 4.69) is 0 Å². The van der Waals surface area contributed by atoms with Crippen molar-refractivity contribution in [2.75, 3.05) is 27.3 Å². The predicted octanol–water partition coefficient (Wildman–Crippen LogP) is 2.00. The lowest BCUT2D eigenvalue weighted by Crippen LogP contribution is -2.45. The molecular weight excluding hydrogens is 440 g/mol.